The Bertz CT molecular complexity index is 1250. The highest BCUT2D eigenvalue weighted by Crippen LogP contribution is 2.31. The monoisotopic (exact) mass is 448 g/mol. The highest BCUT2D eigenvalue weighted by molar-refractivity contribution is 6.33. The van der Waals surface area contributed by atoms with Gasteiger partial charge in [0.15, 0.2) is 11.5 Å². The molecule has 2 aliphatic rings. The summed E-state index contributed by atoms with van der Waals surface area (Å²) in [7, 11) is 0. The number of anilines is 1. The number of nitrogens with one attached hydrogen (secondary N) is 2. The Balaban J connectivity index is 1.45. The van der Waals surface area contributed by atoms with Crippen molar-refractivity contribution in [2.24, 2.45) is 0 Å². The van der Waals surface area contributed by atoms with E-state index in [9.17, 15) is 4.79 Å². The van der Waals surface area contributed by atoms with Gasteiger partial charge in [0.2, 0.25) is 0 Å². The van der Waals surface area contributed by atoms with Crippen molar-refractivity contribution in [3.63, 3.8) is 0 Å². The molecule has 1 atom stereocenters. The number of hydrogen-bond acceptors (Lipinski definition) is 5. The van der Waals surface area contributed by atoms with Gasteiger partial charge >= 0.3 is 0 Å². The van der Waals surface area contributed by atoms with Crippen molar-refractivity contribution < 1.29 is 4.79 Å². The van der Waals surface area contributed by atoms with Crippen molar-refractivity contribution in [2.45, 2.75) is 32.9 Å². The first kappa shape index (κ1) is 20.7. The molecule has 2 aliphatic heterocycles. The molecule has 1 unspecified atom stereocenters. The third-order valence-electron chi connectivity index (χ3n) is 6.20. The third-order valence-corrected chi connectivity index (χ3v) is 6.53. The van der Waals surface area contributed by atoms with Crippen LogP contribution in [0.5, 0.6) is 0 Å². The van der Waals surface area contributed by atoms with Crippen LogP contribution in [0.25, 0.3) is 16.9 Å². The van der Waals surface area contributed by atoms with Gasteiger partial charge < -0.3 is 10.6 Å². The normalized spacial score (nSPS) is 18.6. The quantitative estimate of drug-likeness (QED) is 0.629. The number of halogens is 1. The third kappa shape index (κ3) is 3.67. The zero-order chi connectivity index (χ0) is 22.2. The van der Waals surface area contributed by atoms with Crippen LogP contribution in [0.15, 0.2) is 54.4 Å². The fraction of sp³-hybridized carbons (Fsp3) is 0.292. The van der Waals surface area contributed by atoms with Gasteiger partial charge in [-0.25, -0.2) is 4.98 Å². The zero-order valence-corrected chi connectivity index (χ0v) is 18.9. The Morgan fingerprint density at radius 2 is 1.97 bits per heavy atom. The van der Waals surface area contributed by atoms with E-state index in [1.54, 1.807) is 16.8 Å². The Kier molecular flexibility index (Phi) is 5.45. The number of aryl methyl sites for hydroxylation is 1. The Morgan fingerprint density at radius 3 is 2.75 bits per heavy atom. The fourth-order valence-corrected chi connectivity index (χ4v) is 4.51. The van der Waals surface area contributed by atoms with Crippen molar-refractivity contribution in [3.05, 3.63) is 70.5 Å². The predicted octanol–water partition coefficient (Wildman–Crippen LogP) is 4.07. The van der Waals surface area contributed by atoms with E-state index in [0.717, 1.165) is 35.5 Å². The summed E-state index contributed by atoms with van der Waals surface area (Å²) in [4.78, 5) is 19.9. The molecule has 1 saturated heterocycles. The van der Waals surface area contributed by atoms with E-state index < -0.39 is 0 Å². The maximum atomic E-state index is 13.0. The maximum absolute atomic E-state index is 13.0. The van der Waals surface area contributed by atoms with Gasteiger partial charge in [-0.3, -0.25) is 9.69 Å². The molecule has 1 aromatic carbocycles. The molecule has 5 rings (SSSR count). The van der Waals surface area contributed by atoms with E-state index in [2.05, 4.69) is 26.6 Å². The Morgan fingerprint density at radius 1 is 1.19 bits per heavy atom. The lowest BCUT2D eigenvalue weighted by atomic mass is 10.0. The van der Waals surface area contributed by atoms with Gasteiger partial charge in [0, 0.05) is 18.7 Å². The summed E-state index contributed by atoms with van der Waals surface area (Å²) in [5.41, 5.74) is 4.83. The smallest absolute Gasteiger partial charge is 0.272 e. The second-order valence-electron chi connectivity index (χ2n) is 8.21. The molecule has 0 saturated carbocycles. The predicted molar refractivity (Wildman–Crippen MR) is 126 cm³/mol. The molecule has 3 aromatic rings. The summed E-state index contributed by atoms with van der Waals surface area (Å²) in [5, 5.41) is 11.7. The highest BCUT2D eigenvalue weighted by Gasteiger charge is 2.24. The summed E-state index contributed by atoms with van der Waals surface area (Å²) in [6.07, 6.45) is 9.88. The summed E-state index contributed by atoms with van der Waals surface area (Å²) < 4.78 is 1.68. The van der Waals surface area contributed by atoms with Crippen LogP contribution in [0.1, 0.15) is 24.0 Å². The number of imidazole rings is 1. The number of allylic oxidation sites excluding steroid dienone is 2. The van der Waals surface area contributed by atoms with Gasteiger partial charge in [0.25, 0.3) is 5.91 Å². The largest absolute Gasteiger partial charge is 0.362 e. The van der Waals surface area contributed by atoms with E-state index in [0.29, 0.717) is 22.2 Å². The SMILES string of the molecule is Cc1c(-c2ccccc2Cl)nn2c(NC(=O)C3=CC=CC(N4CCCC4)N3)cnc2c1C. The number of aromatic nitrogens is 3. The average Bonchev–Trinajstić information content (AvgIpc) is 3.48. The van der Waals surface area contributed by atoms with Crippen molar-refractivity contribution >= 4 is 29.0 Å². The lowest BCUT2D eigenvalue weighted by Crippen LogP contribution is -2.45. The number of benzene rings is 1. The van der Waals surface area contributed by atoms with E-state index in [1.807, 2.05) is 44.2 Å². The standard InChI is InChI=1S/C24H25ClN6O/c1-15-16(2)23-26-14-21(31(23)29-22(15)17-8-3-4-9-18(17)25)28-24(32)19-10-7-11-20(27-19)30-12-5-6-13-30/h3-4,7-11,14,20,27H,5-6,12-13H2,1-2H3,(H,28,32). The minimum absolute atomic E-state index is 0.0419. The molecule has 7 nitrogen and oxygen atoms in total. The molecule has 0 aliphatic carbocycles. The summed E-state index contributed by atoms with van der Waals surface area (Å²) >= 11 is 6.44. The maximum Gasteiger partial charge on any atom is 0.272 e. The van der Waals surface area contributed by atoms with Gasteiger partial charge in [-0.2, -0.15) is 9.61 Å². The number of fused-ring (bicyclic) bond motifs is 1. The van der Waals surface area contributed by atoms with Crippen LogP contribution in [-0.2, 0) is 4.79 Å². The number of carbonyl (C=O) groups is 1. The number of dihydropyridines is 1. The molecule has 2 N–H and O–H groups in total. The van der Waals surface area contributed by atoms with Gasteiger partial charge in [-0.15, -0.1) is 0 Å². The summed E-state index contributed by atoms with van der Waals surface area (Å²) in [6.45, 7) is 6.09. The second-order valence-corrected chi connectivity index (χ2v) is 8.62. The lowest BCUT2D eigenvalue weighted by Gasteiger charge is -2.29. The lowest BCUT2D eigenvalue weighted by molar-refractivity contribution is -0.113. The molecule has 0 bridgehead atoms. The second kappa shape index (κ2) is 8.41. The summed E-state index contributed by atoms with van der Waals surface area (Å²) in [5.74, 6) is 0.288. The van der Waals surface area contributed by atoms with Gasteiger partial charge in [-0.1, -0.05) is 35.9 Å². The van der Waals surface area contributed by atoms with Crippen LogP contribution in [0.2, 0.25) is 5.02 Å². The minimum Gasteiger partial charge on any atom is -0.362 e. The number of nitrogens with zero attached hydrogens (tertiary/aromatic N) is 4. The molecule has 4 heterocycles. The van der Waals surface area contributed by atoms with Crippen LogP contribution < -0.4 is 10.6 Å². The van der Waals surface area contributed by atoms with Crippen molar-refractivity contribution in [1.29, 1.82) is 0 Å². The van der Waals surface area contributed by atoms with E-state index in [-0.39, 0.29) is 12.1 Å². The molecular weight excluding hydrogens is 424 g/mol. The first-order chi connectivity index (χ1) is 15.5. The fourth-order valence-electron chi connectivity index (χ4n) is 4.29. The van der Waals surface area contributed by atoms with Crippen LogP contribution in [-0.4, -0.2) is 44.7 Å². The van der Waals surface area contributed by atoms with Crippen molar-refractivity contribution in [2.75, 3.05) is 18.4 Å². The Hall–Kier alpha value is -3.16. The van der Waals surface area contributed by atoms with E-state index in [4.69, 9.17) is 16.7 Å². The van der Waals surface area contributed by atoms with Gasteiger partial charge in [0.1, 0.15) is 5.70 Å². The molecule has 0 radical (unpaired) electrons. The molecule has 1 fully saturated rings. The molecule has 32 heavy (non-hydrogen) atoms. The molecule has 1 amide bonds. The number of amides is 1. The van der Waals surface area contributed by atoms with Gasteiger partial charge in [0.05, 0.1) is 23.1 Å². The van der Waals surface area contributed by atoms with Crippen molar-refractivity contribution in [3.8, 4) is 11.3 Å². The van der Waals surface area contributed by atoms with Crippen LogP contribution in [0.3, 0.4) is 0 Å². The first-order valence-electron chi connectivity index (χ1n) is 10.8. The topological polar surface area (TPSA) is 74.6 Å². The molecule has 8 heteroatoms. The number of carbonyl (C=O) groups excluding carboxylic acids is 1. The number of rotatable bonds is 4. The van der Waals surface area contributed by atoms with Crippen molar-refractivity contribution in [1.82, 2.24) is 24.8 Å². The summed E-state index contributed by atoms with van der Waals surface area (Å²) in [6, 6.07) is 7.62. The van der Waals surface area contributed by atoms with E-state index >= 15 is 0 Å². The zero-order valence-electron chi connectivity index (χ0n) is 18.1. The average molecular weight is 449 g/mol. The minimum atomic E-state index is -0.223. The number of likely N-dealkylation sites (tertiary alicyclic amines) is 1. The molecule has 164 valence electrons. The Labute approximate surface area is 191 Å². The number of hydrogen-bond donors (Lipinski definition) is 2. The van der Waals surface area contributed by atoms with Crippen LogP contribution in [0.4, 0.5) is 5.82 Å². The van der Waals surface area contributed by atoms with Crippen LogP contribution >= 0.6 is 11.6 Å². The molecule has 0 spiro atoms. The molecule has 2 aromatic heterocycles. The molecular formula is C24H25ClN6O. The van der Waals surface area contributed by atoms with Crippen LogP contribution in [0, 0.1) is 13.8 Å². The highest BCUT2D eigenvalue weighted by atomic mass is 35.5. The first-order valence-corrected chi connectivity index (χ1v) is 11.2. The van der Waals surface area contributed by atoms with Gasteiger partial charge in [-0.05, 0) is 56.0 Å². The van der Waals surface area contributed by atoms with E-state index in [1.165, 1.54) is 12.8 Å².